The van der Waals surface area contributed by atoms with E-state index in [4.69, 9.17) is 22.1 Å². The molecule has 1 aliphatic rings. The van der Waals surface area contributed by atoms with Gasteiger partial charge in [0.2, 0.25) is 0 Å². The predicted molar refractivity (Wildman–Crippen MR) is 87.2 cm³/mol. The number of aromatic nitrogens is 1. The normalized spacial score (nSPS) is 15.9. The Bertz CT molecular complexity index is 537. The average molecular weight is 327 g/mol. The Kier molecular flexibility index (Phi) is 5.13. The van der Waals surface area contributed by atoms with Gasteiger partial charge in [-0.05, 0) is 32.9 Å². The van der Waals surface area contributed by atoms with E-state index < -0.39 is 5.60 Å². The van der Waals surface area contributed by atoms with E-state index in [1.165, 1.54) is 0 Å². The van der Waals surface area contributed by atoms with Crippen LogP contribution in [-0.2, 0) is 11.3 Å². The van der Waals surface area contributed by atoms with Crippen LogP contribution in [-0.4, -0.2) is 47.8 Å². The summed E-state index contributed by atoms with van der Waals surface area (Å²) >= 11 is 6.22. The van der Waals surface area contributed by atoms with Gasteiger partial charge in [-0.1, -0.05) is 11.6 Å². The highest BCUT2D eigenvalue weighted by molar-refractivity contribution is 6.32. The number of carbonyl (C=O) groups excluding carboxylic acids is 1. The maximum absolute atomic E-state index is 12.1. The summed E-state index contributed by atoms with van der Waals surface area (Å²) in [6, 6.07) is 3.63. The molecule has 2 heterocycles. The van der Waals surface area contributed by atoms with Crippen molar-refractivity contribution < 1.29 is 9.53 Å². The number of ether oxygens (including phenoxy) is 1. The second-order valence-electron chi connectivity index (χ2n) is 6.27. The molecule has 0 atom stereocenters. The molecule has 0 saturated carbocycles. The highest BCUT2D eigenvalue weighted by atomic mass is 35.5. The number of rotatable bonds is 2. The van der Waals surface area contributed by atoms with Crippen molar-refractivity contribution in [2.24, 2.45) is 5.73 Å². The standard InChI is InChI=1S/C15H23ClN4O2/c1-15(2,3)22-14(21)20-8-6-19(7-9-20)13-12(16)5-4-11(10-17)18-13/h4-5H,6-10,17H2,1-3H3. The summed E-state index contributed by atoms with van der Waals surface area (Å²) < 4.78 is 5.39. The average Bonchev–Trinajstić information content (AvgIpc) is 2.46. The van der Waals surface area contributed by atoms with Gasteiger partial charge in [0.15, 0.2) is 0 Å². The second kappa shape index (κ2) is 6.71. The number of hydrogen-bond acceptors (Lipinski definition) is 5. The third-order valence-electron chi connectivity index (χ3n) is 3.33. The number of carbonyl (C=O) groups is 1. The summed E-state index contributed by atoms with van der Waals surface area (Å²) in [7, 11) is 0. The zero-order chi connectivity index (χ0) is 16.3. The van der Waals surface area contributed by atoms with E-state index in [-0.39, 0.29) is 6.09 Å². The van der Waals surface area contributed by atoms with Gasteiger partial charge in [-0.15, -0.1) is 0 Å². The molecule has 0 aromatic carbocycles. The van der Waals surface area contributed by atoms with E-state index in [2.05, 4.69) is 9.88 Å². The number of nitrogens with zero attached hydrogens (tertiary/aromatic N) is 3. The monoisotopic (exact) mass is 326 g/mol. The molecule has 1 amide bonds. The Morgan fingerprint density at radius 2 is 1.95 bits per heavy atom. The van der Waals surface area contributed by atoms with Gasteiger partial charge in [0.05, 0.1) is 10.7 Å². The Morgan fingerprint density at radius 3 is 2.50 bits per heavy atom. The quantitative estimate of drug-likeness (QED) is 0.902. The molecule has 2 rings (SSSR count). The summed E-state index contributed by atoms with van der Waals surface area (Å²) in [4.78, 5) is 20.3. The van der Waals surface area contributed by atoms with Gasteiger partial charge in [-0.3, -0.25) is 0 Å². The van der Waals surface area contributed by atoms with E-state index in [0.29, 0.717) is 37.7 Å². The largest absolute Gasteiger partial charge is 0.444 e. The molecule has 0 aliphatic carbocycles. The molecule has 0 radical (unpaired) electrons. The molecule has 1 aliphatic heterocycles. The number of nitrogens with two attached hydrogens (primary N) is 1. The second-order valence-corrected chi connectivity index (χ2v) is 6.67. The fraction of sp³-hybridized carbons (Fsp3) is 0.600. The first-order chi connectivity index (χ1) is 10.3. The SMILES string of the molecule is CC(C)(C)OC(=O)N1CCN(c2nc(CN)ccc2Cl)CC1. The van der Waals surface area contributed by atoms with Crippen molar-refractivity contribution in [3.8, 4) is 0 Å². The summed E-state index contributed by atoms with van der Waals surface area (Å²) in [6.07, 6.45) is -0.276. The van der Waals surface area contributed by atoms with Gasteiger partial charge in [0.25, 0.3) is 0 Å². The molecule has 1 saturated heterocycles. The van der Waals surface area contributed by atoms with E-state index in [1.54, 1.807) is 4.90 Å². The van der Waals surface area contributed by atoms with Crippen molar-refractivity contribution >= 4 is 23.5 Å². The zero-order valence-corrected chi connectivity index (χ0v) is 14.1. The number of pyridine rings is 1. The molecule has 2 N–H and O–H groups in total. The minimum Gasteiger partial charge on any atom is -0.444 e. The molecule has 1 aromatic rings. The smallest absolute Gasteiger partial charge is 0.410 e. The molecule has 7 heteroatoms. The first kappa shape index (κ1) is 16.8. The highest BCUT2D eigenvalue weighted by Gasteiger charge is 2.27. The van der Waals surface area contributed by atoms with Crippen LogP contribution in [0.2, 0.25) is 5.02 Å². The minimum absolute atomic E-state index is 0.276. The first-order valence-corrected chi connectivity index (χ1v) is 7.76. The minimum atomic E-state index is -0.478. The maximum Gasteiger partial charge on any atom is 0.410 e. The van der Waals surface area contributed by atoms with E-state index >= 15 is 0 Å². The third-order valence-corrected chi connectivity index (χ3v) is 3.62. The topological polar surface area (TPSA) is 71.7 Å². The van der Waals surface area contributed by atoms with Crippen LogP contribution < -0.4 is 10.6 Å². The van der Waals surface area contributed by atoms with Gasteiger partial charge in [-0.2, -0.15) is 0 Å². The Hall–Kier alpha value is -1.53. The molecule has 0 unspecified atom stereocenters. The van der Waals surface area contributed by atoms with Crippen molar-refractivity contribution in [1.29, 1.82) is 0 Å². The summed E-state index contributed by atoms with van der Waals surface area (Å²) in [5, 5.41) is 0.600. The molecule has 1 aromatic heterocycles. The van der Waals surface area contributed by atoms with Crippen molar-refractivity contribution in [2.45, 2.75) is 32.9 Å². The predicted octanol–water partition coefficient (Wildman–Crippen LogP) is 2.25. The third kappa shape index (κ3) is 4.24. The lowest BCUT2D eigenvalue weighted by atomic mass is 10.2. The fourth-order valence-corrected chi connectivity index (χ4v) is 2.46. The lowest BCUT2D eigenvalue weighted by Gasteiger charge is -2.36. The van der Waals surface area contributed by atoms with E-state index in [9.17, 15) is 4.79 Å². The van der Waals surface area contributed by atoms with Gasteiger partial charge in [-0.25, -0.2) is 9.78 Å². The van der Waals surface area contributed by atoms with Crippen molar-refractivity contribution in [3.05, 3.63) is 22.8 Å². The summed E-state index contributed by atoms with van der Waals surface area (Å²) in [5.41, 5.74) is 5.95. The Labute approximate surface area is 136 Å². The maximum atomic E-state index is 12.1. The fourth-order valence-electron chi connectivity index (χ4n) is 2.23. The molecule has 122 valence electrons. The van der Waals surface area contributed by atoms with Gasteiger partial charge in [0, 0.05) is 32.7 Å². The van der Waals surface area contributed by atoms with Crippen molar-refractivity contribution in [2.75, 3.05) is 31.1 Å². The van der Waals surface area contributed by atoms with Gasteiger partial charge >= 0.3 is 6.09 Å². The number of halogens is 1. The summed E-state index contributed by atoms with van der Waals surface area (Å²) in [5.74, 6) is 0.730. The molecule has 22 heavy (non-hydrogen) atoms. The molecule has 0 spiro atoms. The van der Waals surface area contributed by atoms with Crippen LogP contribution in [0.25, 0.3) is 0 Å². The molecular weight excluding hydrogens is 304 g/mol. The number of anilines is 1. The van der Waals surface area contributed by atoms with Crippen LogP contribution in [0, 0.1) is 0 Å². The Morgan fingerprint density at radius 1 is 1.32 bits per heavy atom. The van der Waals surface area contributed by atoms with Gasteiger partial charge in [0.1, 0.15) is 11.4 Å². The van der Waals surface area contributed by atoms with Gasteiger partial charge < -0.3 is 20.3 Å². The van der Waals surface area contributed by atoms with Crippen LogP contribution in [0.5, 0.6) is 0 Å². The molecule has 1 fully saturated rings. The van der Waals surface area contributed by atoms with E-state index in [0.717, 1.165) is 11.5 Å². The highest BCUT2D eigenvalue weighted by Crippen LogP contribution is 2.25. The first-order valence-electron chi connectivity index (χ1n) is 7.38. The number of hydrogen-bond donors (Lipinski definition) is 1. The molecular formula is C15H23ClN4O2. The lowest BCUT2D eigenvalue weighted by molar-refractivity contribution is 0.0240. The van der Waals surface area contributed by atoms with Crippen molar-refractivity contribution in [3.63, 3.8) is 0 Å². The number of amides is 1. The molecule has 0 bridgehead atoms. The molecule has 6 nitrogen and oxygen atoms in total. The van der Waals surface area contributed by atoms with E-state index in [1.807, 2.05) is 32.9 Å². The van der Waals surface area contributed by atoms with Crippen LogP contribution in [0.1, 0.15) is 26.5 Å². The van der Waals surface area contributed by atoms with Crippen LogP contribution in [0.3, 0.4) is 0 Å². The van der Waals surface area contributed by atoms with Crippen LogP contribution in [0.15, 0.2) is 12.1 Å². The lowest BCUT2D eigenvalue weighted by Crippen LogP contribution is -2.50. The summed E-state index contributed by atoms with van der Waals surface area (Å²) in [6.45, 7) is 8.47. The van der Waals surface area contributed by atoms with Crippen LogP contribution >= 0.6 is 11.6 Å². The number of piperazine rings is 1. The van der Waals surface area contributed by atoms with Crippen molar-refractivity contribution in [1.82, 2.24) is 9.88 Å². The zero-order valence-electron chi connectivity index (χ0n) is 13.3. The van der Waals surface area contributed by atoms with Crippen LogP contribution in [0.4, 0.5) is 10.6 Å². The Balaban J connectivity index is 1.99.